The Morgan fingerprint density at radius 1 is 1.50 bits per heavy atom. The van der Waals surface area contributed by atoms with Gasteiger partial charge in [0.1, 0.15) is 5.76 Å². The van der Waals surface area contributed by atoms with Gasteiger partial charge in [0.05, 0.1) is 5.69 Å². The van der Waals surface area contributed by atoms with Crippen molar-refractivity contribution in [3.8, 4) is 0 Å². The minimum absolute atomic E-state index is 0.250. The zero-order valence-corrected chi connectivity index (χ0v) is 4.93. The largest absolute Gasteiger partial charge is 0.429 e. The molecule has 1 aromatic rings. The van der Waals surface area contributed by atoms with E-state index in [0.29, 0.717) is 0 Å². The van der Waals surface area contributed by atoms with Crippen LogP contribution in [-0.4, -0.2) is 4.98 Å². The van der Waals surface area contributed by atoms with Crippen molar-refractivity contribution in [2.24, 2.45) is 0 Å². The van der Waals surface area contributed by atoms with E-state index in [1.165, 1.54) is 0 Å². The lowest BCUT2D eigenvalue weighted by Gasteiger charge is -1.76. The first-order valence-corrected chi connectivity index (χ1v) is 2.39. The Morgan fingerprint density at radius 2 is 2.12 bits per heavy atom. The third-order valence-electron chi connectivity index (χ3n) is 1.05. The van der Waals surface area contributed by atoms with Crippen LogP contribution in [0, 0.1) is 13.8 Å². The van der Waals surface area contributed by atoms with E-state index in [0.717, 1.165) is 11.5 Å². The topological polar surface area (TPSA) is 52.0 Å². The molecule has 0 aliphatic heterocycles. The van der Waals surface area contributed by atoms with E-state index in [9.17, 15) is 0 Å². The Bertz CT molecular complexity index is 173. The van der Waals surface area contributed by atoms with Gasteiger partial charge in [-0.05, 0) is 13.8 Å². The van der Waals surface area contributed by atoms with E-state index < -0.39 is 0 Å². The smallest absolute Gasteiger partial charge is 0.292 e. The van der Waals surface area contributed by atoms with Crippen LogP contribution in [0.4, 0.5) is 6.01 Å². The van der Waals surface area contributed by atoms with Crippen LogP contribution >= 0.6 is 0 Å². The summed E-state index contributed by atoms with van der Waals surface area (Å²) >= 11 is 0. The number of oxazole rings is 1. The molecule has 3 nitrogen and oxygen atoms in total. The monoisotopic (exact) mass is 112 g/mol. The second kappa shape index (κ2) is 1.51. The highest BCUT2D eigenvalue weighted by Crippen LogP contribution is 2.07. The van der Waals surface area contributed by atoms with Gasteiger partial charge >= 0.3 is 0 Å². The summed E-state index contributed by atoms with van der Waals surface area (Å²) in [4.78, 5) is 3.82. The lowest BCUT2D eigenvalue weighted by atomic mass is 10.4. The molecule has 0 saturated carbocycles. The number of hydrogen-bond acceptors (Lipinski definition) is 3. The van der Waals surface area contributed by atoms with Crippen molar-refractivity contribution < 1.29 is 4.42 Å². The molecule has 0 unspecified atom stereocenters. The van der Waals surface area contributed by atoms with E-state index in [4.69, 9.17) is 10.2 Å². The molecule has 0 atom stereocenters. The minimum atomic E-state index is 0.250. The molecule has 0 fully saturated rings. The standard InChI is InChI=1S/C5H8N2O/c1-3-4(2)8-5(6)7-3/h1-2H3,(H2,6,7). The van der Waals surface area contributed by atoms with Crippen LogP contribution in [0.15, 0.2) is 4.42 Å². The van der Waals surface area contributed by atoms with Crippen molar-refractivity contribution in [1.82, 2.24) is 4.98 Å². The van der Waals surface area contributed by atoms with Crippen molar-refractivity contribution >= 4 is 6.01 Å². The number of anilines is 1. The highest BCUT2D eigenvalue weighted by atomic mass is 16.4. The second-order valence-corrected chi connectivity index (χ2v) is 1.69. The number of nitrogens with zero attached hydrogens (tertiary/aromatic N) is 1. The summed E-state index contributed by atoms with van der Waals surface area (Å²) in [6.07, 6.45) is 0. The Hall–Kier alpha value is -0.990. The second-order valence-electron chi connectivity index (χ2n) is 1.69. The van der Waals surface area contributed by atoms with Crippen molar-refractivity contribution in [2.75, 3.05) is 5.73 Å². The number of aryl methyl sites for hydroxylation is 2. The molecule has 3 heteroatoms. The Balaban J connectivity index is 3.14. The molecule has 2 N–H and O–H groups in total. The summed E-state index contributed by atoms with van der Waals surface area (Å²) in [5.41, 5.74) is 6.07. The molecule has 0 saturated heterocycles. The fourth-order valence-electron chi connectivity index (χ4n) is 0.498. The first-order chi connectivity index (χ1) is 3.70. The molecule has 0 amide bonds. The molecular formula is C5H8N2O. The summed E-state index contributed by atoms with van der Waals surface area (Å²) in [5, 5.41) is 0. The number of rotatable bonds is 0. The third kappa shape index (κ3) is 0.665. The fourth-order valence-corrected chi connectivity index (χ4v) is 0.498. The molecule has 0 aromatic carbocycles. The van der Waals surface area contributed by atoms with E-state index in [2.05, 4.69) is 4.98 Å². The van der Waals surface area contributed by atoms with Crippen LogP contribution in [0.5, 0.6) is 0 Å². The minimum Gasteiger partial charge on any atom is -0.429 e. The lowest BCUT2D eigenvalue weighted by molar-refractivity contribution is 0.546. The maximum atomic E-state index is 5.20. The first kappa shape index (κ1) is 5.15. The zero-order valence-electron chi connectivity index (χ0n) is 4.93. The van der Waals surface area contributed by atoms with Gasteiger partial charge in [-0.3, -0.25) is 0 Å². The predicted molar refractivity (Wildman–Crippen MR) is 30.4 cm³/mol. The van der Waals surface area contributed by atoms with Gasteiger partial charge < -0.3 is 10.2 Å². The van der Waals surface area contributed by atoms with Crippen molar-refractivity contribution in [3.05, 3.63) is 11.5 Å². The normalized spacial score (nSPS) is 9.75. The van der Waals surface area contributed by atoms with Crippen LogP contribution < -0.4 is 5.73 Å². The molecule has 0 spiro atoms. The number of hydrogen-bond donors (Lipinski definition) is 1. The zero-order chi connectivity index (χ0) is 6.15. The summed E-state index contributed by atoms with van der Waals surface area (Å²) in [5.74, 6) is 0.794. The molecule has 8 heavy (non-hydrogen) atoms. The summed E-state index contributed by atoms with van der Waals surface area (Å²) in [6.45, 7) is 3.69. The van der Waals surface area contributed by atoms with Crippen molar-refractivity contribution in [3.63, 3.8) is 0 Å². The van der Waals surface area contributed by atoms with Crippen LogP contribution in [-0.2, 0) is 0 Å². The fraction of sp³-hybridized carbons (Fsp3) is 0.400. The van der Waals surface area contributed by atoms with E-state index >= 15 is 0 Å². The van der Waals surface area contributed by atoms with E-state index in [1.807, 2.05) is 13.8 Å². The maximum Gasteiger partial charge on any atom is 0.292 e. The molecular weight excluding hydrogens is 104 g/mol. The summed E-state index contributed by atoms with van der Waals surface area (Å²) < 4.78 is 4.88. The average molecular weight is 112 g/mol. The SMILES string of the molecule is Cc1nc(N)oc1C. The summed E-state index contributed by atoms with van der Waals surface area (Å²) in [7, 11) is 0. The quantitative estimate of drug-likeness (QED) is 0.541. The van der Waals surface area contributed by atoms with Gasteiger partial charge in [0.15, 0.2) is 0 Å². The van der Waals surface area contributed by atoms with Crippen LogP contribution in [0.3, 0.4) is 0 Å². The summed E-state index contributed by atoms with van der Waals surface area (Å²) in [6, 6.07) is 0.250. The van der Waals surface area contributed by atoms with Gasteiger partial charge in [0.25, 0.3) is 6.01 Å². The Kier molecular flexibility index (Phi) is 0.970. The van der Waals surface area contributed by atoms with Crippen LogP contribution in [0.2, 0.25) is 0 Å². The van der Waals surface area contributed by atoms with Gasteiger partial charge in [0, 0.05) is 0 Å². The van der Waals surface area contributed by atoms with Gasteiger partial charge in [-0.15, -0.1) is 0 Å². The van der Waals surface area contributed by atoms with E-state index in [-0.39, 0.29) is 6.01 Å². The van der Waals surface area contributed by atoms with Crippen molar-refractivity contribution in [2.45, 2.75) is 13.8 Å². The number of aromatic nitrogens is 1. The predicted octanol–water partition coefficient (Wildman–Crippen LogP) is 0.874. The highest BCUT2D eigenvalue weighted by Gasteiger charge is 1.98. The highest BCUT2D eigenvalue weighted by molar-refractivity contribution is 5.17. The van der Waals surface area contributed by atoms with Gasteiger partial charge in [-0.1, -0.05) is 0 Å². The molecule has 1 aromatic heterocycles. The molecule has 0 aliphatic carbocycles. The molecule has 0 aliphatic rings. The van der Waals surface area contributed by atoms with Crippen LogP contribution in [0.25, 0.3) is 0 Å². The maximum absolute atomic E-state index is 5.20. The Morgan fingerprint density at radius 3 is 2.25 bits per heavy atom. The number of nitrogens with two attached hydrogens (primary N) is 1. The molecule has 1 rings (SSSR count). The molecule has 1 heterocycles. The van der Waals surface area contributed by atoms with Gasteiger partial charge in [0.2, 0.25) is 0 Å². The lowest BCUT2D eigenvalue weighted by Crippen LogP contribution is -1.81. The van der Waals surface area contributed by atoms with E-state index in [1.54, 1.807) is 0 Å². The van der Waals surface area contributed by atoms with Gasteiger partial charge in [-0.2, -0.15) is 4.98 Å². The third-order valence-corrected chi connectivity index (χ3v) is 1.05. The Labute approximate surface area is 47.5 Å². The molecule has 44 valence electrons. The molecule has 0 bridgehead atoms. The van der Waals surface area contributed by atoms with Crippen molar-refractivity contribution in [1.29, 1.82) is 0 Å². The van der Waals surface area contributed by atoms with Crippen LogP contribution in [0.1, 0.15) is 11.5 Å². The number of nitrogen functional groups attached to an aromatic ring is 1. The average Bonchev–Trinajstić information content (AvgIpc) is 1.85. The molecule has 0 radical (unpaired) electrons. The first-order valence-electron chi connectivity index (χ1n) is 2.39. The van der Waals surface area contributed by atoms with Gasteiger partial charge in [-0.25, -0.2) is 0 Å².